The van der Waals surface area contributed by atoms with Crippen molar-refractivity contribution in [2.75, 3.05) is 14.2 Å². The Bertz CT molecular complexity index is 1870. The first kappa shape index (κ1) is 26.0. The van der Waals surface area contributed by atoms with Crippen LogP contribution in [-0.4, -0.2) is 44.7 Å². The van der Waals surface area contributed by atoms with Crippen molar-refractivity contribution in [2.24, 2.45) is 5.28 Å². The van der Waals surface area contributed by atoms with Crippen LogP contribution in [0.5, 0.6) is 17.2 Å². The third-order valence-corrected chi connectivity index (χ3v) is 7.37. The van der Waals surface area contributed by atoms with Crippen molar-refractivity contribution in [1.82, 2.24) is 19.8 Å². The molecule has 0 unspecified atom stereocenters. The van der Waals surface area contributed by atoms with E-state index in [4.69, 9.17) is 19.0 Å². The van der Waals surface area contributed by atoms with Gasteiger partial charge in [0.1, 0.15) is 17.7 Å². The summed E-state index contributed by atoms with van der Waals surface area (Å²) in [6.45, 7) is 2.07. The molecular formula is C29H25N6O5S+. The van der Waals surface area contributed by atoms with E-state index in [-0.39, 0.29) is 12.3 Å². The molecule has 41 heavy (non-hydrogen) atoms. The molecule has 0 atom stereocenters. The number of carbonyl (C=O) groups excluding carboxylic acids is 1. The molecule has 0 bridgehead atoms. The Labute approximate surface area is 238 Å². The third kappa shape index (κ3) is 5.20. The van der Waals surface area contributed by atoms with Gasteiger partial charge in [0.15, 0.2) is 17.3 Å². The van der Waals surface area contributed by atoms with Gasteiger partial charge in [0.2, 0.25) is 15.9 Å². The van der Waals surface area contributed by atoms with E-state index in [9.17, 15) is 4.79 Å². The largest absolute Gasteiger partial charge is 0.497 e. The number of nitrogens with one attached hydrogen (secondary N) is 1. The molecule has 0 aliphatic carbocycles. The Morgan fingerprint density at radius 2 is 1.71 bits per heavy atom. The van der Waals surface area contributed by atoms with E-state index in [1.165, 1.54) is 16.0 Å². The highest BCUT2D eigenvalue weighted by Gasteiger charge is 2.38. The maximum absolute atomic E-state index is 13.1. The predicted octanol–water partition coefficient (Wildman–Crippen LogP) is 4.91. The van der Waals surface area contributed by atoms with Crippen molar-refractivity contribution in [2.45, 2.75) is 13.5 Å². The van der Waals surface area contributed by atoms with Gasteiger partial charge in [0, 0.05) is 17.0 Å². The van der Waals surface area contributed by atoms with Gasteiger partial charge >= 0.3 is 11.7 Å². The summed E-state index contributed by atoms with van der Waals surface area (Å²) in [4.78, 5) is 19.6. The molecule has 0 saturated carbocycles. The number of nitrogens with zero attached hydrogens (tertiary/aromatic N) is 5. The van der Waals surface area contributed by atoms with Crippen LogP contribution in [-0.2, 0) is 16.2 Å². The summed E-state index contributed by atoms with van der Waals surface area (Å²) in [7, 11) is 3.20. The molecule has 11 nitrogen and oxygen atoms in total. The number of methoxy groups -OCH3 is 2. The highest BCUT2D eigenvalue weighted by Crippen LogP contribution is 2.29. The van der Waals surface area contributed by atoms with Crippen molar-refractivity contribution in [3.8, 4) is 27.7 Å². The fraction of sp³-hybridized carbons (Fsp3) is 0.138. The molecule has 206 valence electrons. The lowest BCUT2D eigenvalue weighted by molar-refractivity contribution is -0.428. The van der Waals surface area contributed by atoms with Crippen LogP contribution in [0.4, 0.5) is 5.69 Å². The molecule has 0 spiro atoms. The number of ether oxygens (including phenoxy) is 3. The van der Waals surface area contributed by atoms with Gasteiger partial charge in [0.05, 0.1) is 14.2 Å². The topological polar surface area (TPSA) is 115 Å². The average molecular weight is 570 g/mol. The van der Waals surface area contributed by atoms with Crippen LogP contribution < -0.4 is 19.6 Å². The second-order valence-electron chi connectivity index (χ2n) is 8.99. The summed E-state index contributed by atoms with van der Waals surface area (Å²) in [5.41, 5.74) is 2.85. The first-order valence-electron chi connectivity index (χ1n) is 12.6. The molecule has 0 saturated heterocycles. The van der Waals surface area contributed by atoms with E-state index in [2.05, 4.69) is 20.6 Å². The number of fused-ring (bicyclic) bond motifs is 1. The summed E-state index contributed by atoms with van der Waals surface area (Å²) in [6, 6.07) is 24.5. The minimum atomic E-state index is -0.605. The number of carbonyl (C=O) groups is 1. The molecule has 1 aliphatic rings. The van der Waals surface area contributed by atoms with E-state index in [1.54, 1.807) is 18.7 Å². The standard InChI is InChI=1S/C29H24N6O5S/c1-18-8-12-20(13-9-18)34-27(28(36)40-33-34)22-16-25(19-10-14-21(37-2)15-11-19)41-29-31-30-26(35(29)32-22)17-39-24-7-5-4-6-23(24)38-3/h4-16H,17H2,1-3H3/p+1. The second kappa shape index (κ2) is 11.1. The Balaban J connectivity index is 1.54. The summed E-state index contributed by atoms with van der Waals surface area (Å²) in [5, 5.41) is 16.6. The molecule has 0 amide bonds. The second-order valence-corrected chi connectivity index (χ2v) is 10.0. The number of rotatable bonds is 7. The van der Waals surface area contributed by atoms with Crippen molar-refractivity contribution < 1.29 is 28.5 Å². The van der Waals surface area contributed by atoms with Gasteiger partial charge in [-0.25, -0.2) is 9.31 Å². The maximum Gasteiger partial charge on any atom is 0.440 e. The maximum atomic E-state index is 13.1. The lowest BCUT2D eigenvalue weighted by atomic mass is 10.2. The molecule has 2 aromatic heterocycles. The molecule has 6 rings (SSSR count). The average Bonchev–Trinajstić information content (AvgIpc) is 3.52. The highest BCUT2D eigenvalue weighted by atomic mass is 32.1. The lowest BCUT2D eigenvalue weighted by Gasteiger charge is -2.08. The summed E-state index contributed by atoms with van der Waals surface area (Å²) < 4.78 is 19.9. The van der Waals surface area contributed by atoms with Crippen LogP contribution in [0.15, 0.2) is 84.1 Å². The number of para-hydroxylation sites is 2. The molecule has 3 aromatic carbocycles. The summed E-state index contributed by atoms with van der Waals surface area (Å²) >= 11 is 1.39. The number of aromatic amines is 1. The van der Waals surface area contributed by atoms with E-state index >= 15 is 0 Å². The fourth-order valence-electron chi connectivity index (χ4n) is 4.22. The van der Waals surface area contributed by atoms with Gasteiger partial charge in [0.25, 0.3) is 0 Å². The van der Waals surface area contributed by atoms with E-state index in [1.807, 2.05) is 85.8 Å². The lowest BCUT2D eigenvalue weighted by Crippen LogP contribution is -2.21. The van der Waals surface area contributed by atoms with E-state index < -0.39 is 5.97 Å². The molecule has 12 heteroatoms. The Morgan fingerprint density at radius 3 is 2.44 bits per heavy atom. The Hall–Kier alpha value is -5.23. The highest BCUT2D eigenvalue weighted by molar-refractivity contribution is 7.19. The Morgan fingerprint density at radius 1 is 0.951 bits per heavy atom. The molecule has 3 heterocycles. The third-order valence-electron chi connectivity index (χ3n) is 6.35. The van der Waals surface area contributed by atoms with Crippen molar-refractivity contribution in [1.29, 1.82) is 0 Å². The number of aryl methyl sites for hydroxylation is 1. The molecule has 0 fully saturated rings. The molecular weight excluding hydrogens is 544 g/mol. The zero-order chi connectivity index (χ0) is 28.3. The quantitative estimate of drug-likeness (QED) is 0.277. The zero-order valence-corrected chi connectivity index (χ0v) is 23.2. The predicted molar refractivity (Wildman–Crippen MR) is 150 cm³/mol. The van der Waals surface area contributed by atoms with Gasteiger partial charge < -0.3 is 14.2 Å². The molecule has 1 N–H and O–H groups in total. The molecule has 0 radical (unpaired) electrons. The smallest absolute Gasteiger partial charge is 0.440 e. The first-order valence-corrected chi connectivity index (χ1v) is 13.4. The normalized spacial score (nSPS) is 14.0. The van der Waals surface area contributed by atoms with Crippen LogP contribution in [0, 0.1) is 6.92 Å². The minimum absolute atomic E-state index is 0.0813. The number of benzene rings is 3. The minimum Gasteiger partial charge on any atom is -0.497 e. The Kier molecular flexibility index (Phi) is 7.04. The van der Waals surface area contributed by atoms with Gasteiger partial charge in [-0.1, -0.05) is 41.2 Å². The van der Waals surface area contributed by atoms with Crippen molar-refractivity contribution in [3.05, 3.63) is 95.6 Å². The number of hydrogen-bond donors (Lipinski definition) is 1. The van der Waals surface area contributed by atoms with E-state index in [0.29, 0.717) is 33.3 Å². The van der Waals surface area contributed by atoms with Gasteiger partial charge in [-0.05, 0) is 59.6 Å². The SMILES string of the molecule is COc1ccc(-c2cc(=C3C(=O)ON=[N+]3c3ccc(C)cc3)[nH]n3c(COc4ccccc4OC)nnc3s2)cc1. The van der Waals surface area contributed by atoms with Gasteiger partial charge in [-0.2, -0.15) is 0 Å². The van der Waals surface area contributed by atoms with Gasteiger partial charge in [-0.3, -0.25) is 9.94 Å². The van der Waals surface area contributed by atoms with Crippen LogP contribution in [0.2, 0.25) is 0 Å². The zero-order valence-electron chi connectivity index (χ0n) is 22.4. The van der Waals surface area contributed by atoms with Crippen molar-refractivity contribution in [3.63, 3.8) is 0 Å². The molecule has 5 aromatic rings. The van der Waals surface area contributed by atoms with Crippen LogP contribution in [0.1, 0.15) is 11.4 Å². The molecule has 1 aliphatic heterocycles. The first-order chi connectivity index (χ1) is 20.0. The van der Waals surface area contributed by atoms with Crippen molar-refractivity contribution >= 4 is 33.7 Å². The number of aromatic nitrogens is 4. The summed E-state index contributed by atoms with van der Waals surface area (Å²) in [6.07, 6.45) is 0. The number of hydrogen-bond acceptors (Lipinski definition) is 9. The van der Waals surface area contributed by atoms with E-state index in [0.717, 1.165) is 21.8 Å². The van der Waals surface area contributed by atoms with Crippen LogP contribution in [0.25, 0.3) is 21.1 Å². The fourth-order valence-corrected chi connectivity index (χ4v) is 5.17. The summed E-state index contributed by atoms with van der Waals surface area (Å²) in [5.74, 6) is 1.76. The number of H-pyrrole nitrogens is 1. The van der Waals surface area contributed by atoms with Gasteiger partial charge in [-0.15, -0.1) is 10.2 Å². The van der Waals surface area contributed by atoms with Crippen LogP contribution >= 0.6 is 11.3 Å². The monoisotopic (exact) mass is 569 g/mol. The van der Waals surface area contributed by atoms with Crippen LogP contribution in [0.3, 0.4) is 0 Å².